The predicted octanol–water partition coefficient (Wildman–Crippen LogP) is 1.82. The average Bonchev–Trinajstić information content (AvgIpc) is 2.68. The fourth-order valence-corrected chi connectivity index (χ4v) is 4.14. The minimum Gasteiger partial charge on any atom is -0.463 e. The van der Waals surface area contributed by atoms with E-state index in [2.05, 4.69) is 31.5 Å². The van der Waals surface area contributed by atoms with Crippen LogP contribution in [-0.2, 0) is 14.3 Å². The van der Waals surface area contributed by atoms with E-state index >= 15 is 0 Å². The van der Waals surface area contributed by atoms with Gasteiger partial charge >= 0.3 is 12.0 Å². The summed E-state index contributed by atoms with van der Waals surface area (Å²) in [4.78, 5) is 38.7. The van der Waals surface area contributed by atoms with Crippen LogP contribution in [0.5, 0.6) is 0 Å². The number of rotatable bonds is 6. The van der Waals surface area contributed by atoms with Gasteiger partial charge in [-0.15, -0.1) is 0 Å². The second kappa shape index (κ2) is 9.41. The van der Waals surface area contributed by atoms with Gasteiger partial charge in [-0.1, -0.05) is 28.1 Å². The van der Waals surface area contributed by atoms with Crippen molar-refractivity contribution in [1.29, 1.82) is 0 Å². The lowest BCUT2D eigenvalue weighted by atomic mass is 9.93. The van der Waals surface area contributed by atoms with Crippen molar-refractivity contribution >= 4 is 33.8 Å². The molecule has 3 amide bonds. The number of nitrogens with zero attached hydrogens (tertiary/aromatic N) is 1. The van der Waals surface area contributed by atoms with Gasteiger partial charge in [0.2, 0.25) is 5.91 Å². The number of primary amides is 1. The standard InChI is InChI=1S/C20H25BrN4O4/c1-2-29-19(27)16-15(11-25-8-6-12(7-9-25)18(22)26)23-20(28)24-17(16)13-4-3-5-14(21)10-13/h3-5,10,12,17H,2,6-9,11H2,1H3,(H2,22,26)(H2,23,24,28). The topological polar surface area (TPSA) is 114 Å². The molecule has 1 unspecified atom stereocenters. The highest BCUT2D eigenvalue weighted by Gasteiger charge is 2.35. The maximum atomic E-state index is 12.8. The monoisotopic (exact) mass is 464 g/mol. The molecule has 1 aromatic rings. The Balaban J connectivity index is 1.90. The van der Waals surface area contributed by atoms with Crippen molar-refractivity contribution in [3.05, 3.63) is 45.6 Å². The second-order valence-electron chi connectivity index (χ2n) is 7.15. The molecule has 8 nitrogen and oxygen atoms in total. The summed E-state index contributed by atoms with van der Waals surface area (Å²) < 4.78 is 6.14. The quantitative estimate of drug-likeness (QED) is 0.555. The number of hydrogen-bond acceptors (Lipinski definition) is 5. The maximum Gasteiger partial charge on any atom is 0.338 e. The molecule has 1 atom stereocenters. The smallest absolute Gasteiger partial charge is 0.338 e. The molecule has 156 valence electrons. The molecule has 1 fully saturated rings. The van der Waals surface area contributed by atoms with Crippen molar-refractivity contribution in [2.75, 3.05) is 26.2 Å². The number of carbonyl (C=O) groups is 3. The maximum absolute atomic E-state index is 12.8. The molecule has 1 aromatic carbocycles. The van der Waals surface area contributed by atoms with Crippen LogP contribution in [0.25, 0.3) is 0 Å². The van der Waals surface area contributed by atoms with E-state index in [9.17, 15) is 14.4 Å². The van der Waals surface area contributed by atoms with Crippen LogP contribution in [0.15, 0.2) is 40.0 Å². The number of benzene rings is 1. The van der Waals surface area contributed by atoms with E-state index in [-0.39, 0.29) is 24.5 Å². The molecule has 0 saturated carbocycles. The van der Waals surface area contributed by atoms with Gasteiger partial charge in [0.05, 0.1) is 18.2 Å². The van der Waals surface area contributed by atoms with Crippen LogP contribution in [0.3, 0.4) is 0 Å². The highest BCUT2D eigenvalue weighted by Crippen LogP contribution is 2.30. The van der Waals surface area contributed by atoms with E-state index in [0.29, 0.717) is 43.7 Å². The lowest BCUT2D eigenvalue weighted by molar-refractivity contribution is -0.139. The van der Waals surface area contributed by atoms with Gasteiger partial charge in [0, 0.05) is 22.6 Å². The molecule has 2 aliphatic rings. The normalized spacial score (nSPS) is 20.8. The first kappa shape index (κ1) is 21.3. The first-order chi connectivity index (χ1) is 13.9. The Bertz CT molecular complexity index is 834. The molecule has 0 radical (unpaired) electrons. The van der Waals surface area contributed by atoms with E-state index in [1.165, 1.54) is 0 Å². The average molecular weight is 465 g/mol. The lowest BCUT2D eigenvalue weighted by Crippen LogP contribution is -2.49. The zero-order valence-electron chi connectivity index (χ0n) is 16.2. The Labute approximate surface area is 178 Å². The van der Waals surface area contributed by atoms with E-state index in [1.807, 2.05) is 24.3 Å². The van der Waals surface area contributed by atoms with Crippen molar-refractivity contribution in [2.45, 2.75) is 25.8 Å². The molecular formula is C20H25BrN4O4. The molecule has 4 N–H and O–H groups in total. The largest absolute Gasteiger partial charge is 0.463 e. The summed E-state index contributed by atoms with van der Waals surface area (Å²) in [6, 6.07) is 6.47. The Kier molecular flexibility index (Phi) is 6.92. The summed E-state index contributed by atoms with van der Waals surface area (Å²) in [6.07, 6.45) is 1.33. The van der Waals surface area contributed by atoms with Crippen molar-refractivity contribution in [2.24, 2.45) is 11.7 Å². The highest BCUT2D eigenvalue weighted by atomic mass is 79.9. The van der Waals surface area contributed by atoms with Crippen LogP contribution >= 0.6 is 15.9 Å². The zero-order chi connectivity index (χ0) is 21.0. The van der Waals surface area contributed by atoms with Crippen LogP contribution in [-0.4, -0.2) is 49.0 Å². The van der Waals surface area contributed by atoms with E-state index < -0.39 is 12.0 Å². The van der Waals surface area contributed by atoms with Crippen LogP contribution in [0.2, 0.25) is 0 Å². The molecule has 3 rings (SSSR count). The molecule has 1 saturated heterocycles. The van der Waals surface area contributed by atoms with E-state index in [4.69, 9.17) is 10.5 Å². The van der Waals surface area contributed by atoms with Crippen LogP contribution < -0.4 is 16.4 Å². The van der Waals surface area contributed by atoms with Gasteiger partial charge in [0.25, 0.3) is 0 Å². The zero-order valence-corrected chi connectivity index (χ0v) is 17.8. The van der Waals surface area contributed by atoms with Crippen molar-refractivity contribution in [1.82, 2.24) is 15.5 Å². The lowest BCUT2D eigenvalue weighted by Gasteiger charge is -2.34. The van der Waals surface area contributed by atoms with E-state index in [1.54, 1.807) is 6.92 Å². The van der Waals surface area contributed by atoms with Gasteiger partial charge in [-0.3, -0.25) is 9.69 Å². The van der Waals surface area contributed by atoms with E-state index in [0.717, 1.165) is 10.0 Å². The third-order valence-corrected chi connectivity index (χ3v) is 5.70. The van der Waals surface area contributed by atoms with Crippen molar-refractivity contribution < 1.29 is 19.1 Å². The fraction of sp³-hybridized carbons (Fsp3) is 0.450. The summed E-state index contributed by atoms with van der Waals surface area (Å²) in [5.74, 6) is -0.866. The third kappa shape index (κ3) is 5.16. The number of ether oxygens (including phenoxy) is 1. The number of nitrogens with one attached hydrogen (secondary N) is 2. The van der Waals surface area contributed by atoms with Gasteiger partial charge in [-0.25, -0.2) is 9.59 Å². The number of amides is 3. The van der Waals surface area contributed by atoms with Gasteiger partial charge in [-0.2, -0.15) is 0 Å². The summed E-state index contributed by atoms with van der Waals surface area (Å²) in [5.41, 5.74) is 7.10. The molecule has 0 bridgehead atoms. The third-order valence-electron chi connectivity index (χ3n) is 5.20. The molecule has 2 heterocycles. The van der Waals surface area contributed by atoms with Gasteiger partial charge in [0.1, 0.15) is 0 Å². The molecule has 29 heavy (non-hydrogen) atoms. The van der Waals surface area contributed by atoms with Crippen molar-refractivity contribution in [3.63, 3.8) is 0 Å². The summed E-state index contributed by atoms with van der Waals surface area (Å²) >= 11 is 3.44. The summed E-state index contributed by atoms with van der Waals surface area (Å²) in [7, 11) is 0. The van der Waals surface area contributed by atoms with Gasteiger partial charge < -0.3 is 21.1 Å². The van der Waals surface area contributed by atoms with Crippen molar-refractivity contribution in [3.8, 4) is 0 Å². The molecule has 9 heteroatoms. The first-order valence-electron chi connectivity index (χ1n) is 9.63. The minimum atomic E-state index is -0.613. The Hall–Kier alpha value is -2.39. The second-order valence-corrected chi connectivity index (χ2v) is 8.07. The number of piperidine rings is 1. The number of carbonyl (C=O) groups excluding carboxylic acids is 3. The first-order valence-corrected chi connectivity index (χ1v) is 10.4. The Morgan fingerprint density at radius 1 is 1.31 bits per heavy atom. The Morgan fingerprint density at radius 2 is 2.03 bits per heavy atom. The van der Waals surface area contributed by atoms with Gasteiger partial charge in [-0.05, 0) is 50.6 Å². The van der Waals surface area contributed by atoms with Crippen LogP contribution in [0.4, 0.5) is 4.79 Å². The predicted molar refractivity (Wildman–Crippen MR) is 111 cm³/mol. The number of likely N-dealkylation sites (tertiary alicyclic amines) is 1. The summed E-state index contributed by atoms with van der Waals surface area (Å²) in [6.45, 7) is 3.70. The molecule has 2 aliphatic heterocycles. The molecular weight excluding hydrogens is 440 g/mol. The number of hydrogen-bond donors (Lipinski definition) is 3. The number of halogens is 1. The molecule has 0 aliphatic carbocycles. The number of esters is 1. The van der Waals surface area contributed by atoms with Gasteiger partial charge in [0.15, 0.2) is 0 Å². The highest BCUT2D eigenvalue weighted by molar-refractivity contribution is 9.10. The fourth-order valence-electron chi connectivity index (χ4n) is 3.73. The van der Waals surface area contributed by atoms with Crippen LogP contribution in [0, 0.1) is 5.92 Å². The number of nitrogens with two attached hydrogens (primary N) is 1. The van der Waals surface area contributed by atoms with Crippen LogP contribution in [0.1, 0.15) is 31.4 Å². The SMILES string of the molecule is CCOC(=O)C1=C(CN2CCC(C(N)=O)CC2)NC(=O)NC1c1cccc(Br)c1. The summed E-state index contributed by atoms with van der Waals surface area (Å²) in [5, 5.41) is 5.61. The number of urea groups is 1. The molecule has 0 aromatic heterocycles. The molecule has 0 spiro atoms. The Morgan fingerprint density at radius 3 is 2.66 bits per heavy atom. The minimum absolute atomic E-state index is 0.123.